The summed E-state index contributed by atoms with van der Waals surface area (Å²) in [4.78, 5) is 18.7. The molecule has 0 bridgehead atoms. The number of hydrogen-bond donors (Lipinski definition) is 5. The Kier molecular flexibility index (Phi) is 7.38. The van der Waals surface area contributed by atoms with Gasteiger partial charge in [-0.2, -0.15) is 8.42 Å². The number of nitrogens with zero attached hydrogens (tertiary/aromatic N) is 1. The summed E-state index contributed by atoms with van der Waals surface area (Å²) in [5.41, 5.74) is -0.787. The van der Waals surface area contributed by atoms with E-state index >= 15 is 0 Å². The first-order valence-corrected chi connectivity index (χ1v) is 15.0. The Morgan fingerprint density at radius 2 is 1.92 bits per heavy atom. The molecule has 2 aromatic rings. The molecule has 6 N–H and O–H groups in total. The Balaban J connectivity index is 1.87. The molecule has 2 aromatic carbocycles. The van der Waals surface area contributed by atoms with E-state index in [4.69, 9.17) is 10.7 Å². The molecule has 0 saturated heterocycles. The van der Waals surface area contributed by atoms with Gasteiger partial charge >= 0.3 is 0 Å². The maximum atomic E-state index is 14.2. The molecule has 2 aliphatic rings. The van der Waals surface area contributed by atoms with Crippen molar-refractivity contribution in [3.8, 4) is 0 Å². The van der Waals surface area contributed by atoms with Gasteiger partial charge in [0, 0.05) is 11.3 Å². The highest BCUT2D eigenvalue weighted by Gasteiger charge is 2.49. The number of amidine groups is 1. The number of Topliss-reactive ketones (excluding diaryl/α,β-unsaturated/α-hetero) is 1. The Bertz CT molecular complexity index is 1570. The lowest BCUT2D eigenvalue weighted by atomic mass is 9.71. The fourth-order valence-corrected chi connectivity index (χ4v) is 6.29. The summed E-state index contributed by atoms with van der Waals surface area (Å²) in [6.07, 6.45) is 1.85. The first-order chi connectivity index (χ1) is 17.8. The number of carbonyl (C=O) groups excluding carboxylic acids is 1. The van der Waals surface area contributed by atoms with Crippen LogP contribution >= 0.6 is 0 Å². The minimum atomic E-state index is -4.39. The molecule has 1 unspecified atom stereocenters. The zero-order valence-electron chi connectivity index (χ0n) is 21.0. The third-order valence-corrected chi connectivity index (χ3v) is 8.23. The third kappa shape index (κ3) is 5.17. The van der Waals surface area contributed by atoms with Crippen molar-refractivity contribution in [1.82, 2.24) is 5.32 Å². The van der Waals surface area contributed by atoms with Gasteiger partial charge in [0.2, 0.25) is 10.0 Å². The third-order valence-electron chi connectivity index (χ3n) is 6.31. The van der Waals surface area contributed by atoms with Crippen molar-refractivity contribution in [3.05, 3.63) is 59.2 Å². The van der Waals surface area contributed by atoms with Gasteiger partial charge in [-0.15, -0.1) is 4.40 Å². The van der Waals surface area contributed by atoms with E-state index in [9.17, 15) is 26.7 Å². The molecule has 0 aromatic heterocycles. The van der Waals surface area contributed by atoms with Gasteiger partial charge in [0.1, 0.15) is 28.5 Å². The van der Waals surface area contributed by atoms with Crippen LogP contribution < -0.4 is 21.3 Å². The summed E-state index contributed by atoms with van der Waals surface area (Å²) < 4.78 is 55.6. The number of hydrogen-bond acceptors (Lipinski definition) is 10. The summed E-state index contributed by atoms with van der Waals surface area (Å²) in [6, 6.07) is 10.6. The number of sulfonamides is 2. The zero-order valence-corrected chi connectivity index (χ0v) is 22.6. The second kappa shape index (κ2) is 10.1. The van der Waals surface area contributed by atoms with E-state index in [2.05, 4.69) is 19.8 Å². The van der Waals surface area contributed by atoms with E-state index < -0.39 is 37.1 Å². The SMILES string of the molecule is CC(C)CCC1(NCON)C(=O)C(C2=NS(=O)(=O)c3cc(NS(C)(=O)=O)ccc3N2)=C(O)c2ccccc21. The highest BCUT2D eigenvalue weighted by Crippen LogP contribution is 2.43. The molecule has 12 nitrogen and oxygen atoms in total. The summed E-state index contributed by atoms with van der Waals surface area (Å²) in [7, 11) is -8.05. The number of benzene rings is 2. The molecule has 1 aliphatic heterocycles. The molecule has 0 saturated carbocycles. The maximum absolute atomic E-state index is 14.2. The molecule has 1 aliphatic carbocycles. The predicted octanol–water partition coefficient (Wildman–Crippen LogP) is 2.19. The maximum Gasteiger partial charge on any atom is 0.286 e. The number of ketones is 1. The second-order valence-electron chi connectivity index (χ2n) is 9.55. The molecule has 204 valence electrons. The van der Waals surface area contributed by atoms with E-state index in [0.29, 0.717) is 24.0 Å². The summed E-state index contributed by atoms with van der Waals surface area (Å²) in [6.45, 7) is 3.82. The van der Waals surface area contributed by atoms with Crippen LogP contribution in [0.2, 0.25) is 0 Å². The second-order valence-corrected chi connectivity index (χ2v) is 12.9. The zero-order chi connectivity index (χ0) is 27.9. The predicted molar refractivity (Wildman–Crippen MR) is 143 cm³/mol. The highest BCUT2D eigenvalue weighted by molar-refractivity contribution is 7.92. The molecule has 1 atom stereocenters. The van der Waals surface area contributed by atoms with Crippen molar-refractivity contribution in [2.45, 2.75) is 37.1 Å². The van der Waals surface area contributed by atoms with Crippen LogP contribution in [0.5, 0.6) is 0 Å². The topological polar surface area (TPSA) is 189 Å². The number of rotatable bonds is 9. The van der Waals surface area contributed by atoms with Crippen molar-refractivity contribution in [2.24, 2.45) is 16.2 Å². The van der Waals surface area contributed by atoms with E-state index in [1.807, 2.05) is 13.8 Å². The van der Waals surface area contributed by atoms with E-state index in [1.165, 1.54) is 12.1 Å². The summed E-state index contributed by atoms with van der Waals surface area (Å²) in [5.74, 6) is 4.11. The molecular formula is C24H29N5O7S2. The van der Waals surface area contributed by atoms with E-state index in [0.717, 1.165) is 12.3 Å². The monoisotopic (exact) mass is 563 g/mol. The molecule has 14 heteroatoms. The Morgan fingerprint density at radius 3 is 2.58 bits per heavy atom. The number of nitrogens with two attached hydrogens (primary N) is 1. The fraction of sp³-hybridized carbons (Fsp3) is 0.333. The smallest absolute Gasteiger partial charge is 0.286 e. The van der Waals surface area contributed by atoms with Gasteiger partial charge in [-0.3, -0.25) is 19.7 Å². The number of anilines is 2. The van der Waals surface area contributed by atoms with Gasteiger partial charge in [0.25, 0.3) is 10.0 Å². The lowest BCUT2D eigenvalue weighted by Crippen LogP contribution is -2.54. The molecule has 0 amide bonds. The Labute approximate surface area is 221 Å². The molecule has 1 heterocycles. The van der Waals surface area contributed by atoms with Crippen LogP contribution in [0, 0.1) is 5.92 Å². The average Bonchev–Trinajstić information content (AvgIpc) is 2.83. The minimum absolute atomic E-state index is 0.0266. The molecule has 0 fully saturated rings. The van der Waals surface area contributed by atoms with Crippen molar-refractivity contribution < 1.29 is 31.6 Å². The minimum Gasteiger partial charge on any atom is -0.506 e. The van der Waals surface area contributed by atoms with Crippen LogP contribution in [0.15, 0.2) is 57.3 Å². The number of aliphatic hydroxyl groups is 1. The first-order valence-electron chi connectivity index (χ1n) is 11.7. The van der Waals surface area contributed by atoms with Crippen molar-refractivity contribution in [1.29, 1.82) is 0 Å². The quantitative estimate of drug-likeness (QED) is 0.223. The molecule has 4 rings (SSSR count). The van der Waals surface area contributed by atoms with Crippen molar-refractivity contribution >= 4 is 48.8 Å². The average molecular weight is 564 g/mol. The fourth-order valence-electron chi connectivity index (χ4n) is 4.59. The van der Waals surface area contributed by atoms with Crippen LogP contribution in [0.3, 0.4) is 0 Å². The van der Waals surface area contributed by atoms with Gasteiger partial charge in [-0.25, -0.2) is 14.3 Å². The van der Waals surface area contributed by atoms with Crippen LogP contribution in [-0.4, -0.2) is 46.5 Å². The molecule has 0 radical (unpaired) electrons. The molecule has 0 spiro atoms. The number of aliphatic hydroxyl groups excluding tert-OH is 1. The highest BCUT2D eigenvalue weighted by atomic mass is 32.2. The van der Waals surface area contributed by atoms with E-state index in [-0.39, 0.29) is 40.3 Å². The lowest BCUT2D eigenvalue weighted by molar-refractivity contribution is -0.123. The number of fused-ring (bicyclic) bond motifs is 2. The normalized spacial score (nSPS) is 20.4. The van der Waals surface area contributed by atoms with E-state index in [1.54, 1.807) is 24.3 Å². The van der Waals surface area contributed by atoms with Crippen molar-refractivity contribution in [3.63, 3.8) is 0 Å². The standard InChI is InChI=1S/C24H29N5O7S2/c1-14(2)10-11-24(26-13-36-25)17-7-5-4-6-16(17)21(30)20(22(24)31)23-27-18-9-8-15(28-37(3,32)33)12-19(18)38(34,35)29-23/h4-9,12,14,26,28,30H,10-11,13,25H2,1-3H3,(H,27,29). The molecule has 38 heavy (non-hydrogen) atoms. The lowest BCUT2D eigenvalue weighted by Gasteiger charge is -2.40. The summed E-state index contributed by atoms with van der Waals surface area (Å²) in [5, 5.41) is 17.2. The van der Waals surface area contributed by atoms with Gasteiger partial charge in [-0.05, 0) is 42.5 Å². The van der Waals surface area contributed by atoms with Crippen molar-refractivity contribution in [2.75, 3.05) is 23.0 Å². The first kappa shape index (κ1) is 27.7. The summed E-state index contributed by atoms with van der Waals surface area (Å²) >= 11 is 0. The van der Waals surface area contributed by atoms with Crippen LogP contribution in [0.25, 0.3) is 5.76 Å². The number of nitrogens with one attached hydrogen (secondary N) is 3. The van der Waals surface area contributed by atoms with Crippen LogP contribution in [0.1, 0.15) is 37.8 Å². The Hall–Kier alpha value is -3.30. The number of carbonyl (C=O) groups is 1. The van der Waals surface area contributed by atoms with Gasteiger partial charge in [0.15, 0.2) is 11.6 Å². The van der Waals surface area contributed by atoms with Gasteiger partial charge < -0.3 is 10.4 Å². The van der Waals surface area contributed by atoms with Gasteiger partial charge in [0.05, 0.1) is 11.9 Å². The van der Waals surface area contributed by atoms with Gasteiger partial charge in [-0.1, -0.05) is 38.1 Å². The van der Waals surface area contributed by atoms with Crippen LogP contribution in [0.4, 0.5) is 11.4 Å². The molecular weight excluding hydrogens is 534 g/mol. The largest absolute Gasteiger partial charge is 0.506 e. The Morgan fingerprint density at radius 1 is 1.21 bits per heavy atom. The van der Waals surface area contributed by atoms with Crippen LogP contribution in [-0.2, 0) is 35.2 Å².